The molecular formula is C22H20N2O3. The number of phenolic OH excluding ortho intramolecular Hbond substituents is 1. The lowest BCUT2D eigenvalue weighted by Crippen LogP contribution is -2.25. The number of hydrogen-bond donors (Lipinski definition) is 2. The number of hydrogen-bond acceptors (Lipinski definition) is 4. The highest BCUT2D eigenvalue weighted by atomic mass is 16.5. The second kappa shape index (κ2) is 8.67. The zero-order valence-electron chi connectivity index (χ0n) is 14.9. The van der Waals surface area contributed by atoms with Crippen LogP contribution in [0, 0.1) is 0 Å². The summed E-state index contributed by atoms with van der Waals surface area (Å²) < 4.78 is 5.50. The first kappa shape index (κ1) is 18.2. The van der Waals surface area contributed by atoms with E-state index < -0.39 is 0 Å². The van der Waals surface area contributed by atoms with Crippen LogP contribution in [0.4, 0.5) is 0 Å². The molecule has 0 aliphatic carbocycles. The predicted molar refractivity (Wildman–Crippen MR) is 106 cm³/mol. The zero-order chi connectivity index (χ0) is 19.1. The van der Waals surface area contributed by atoms with Crippen LogP contribution < -0.4 is 10.2 Å². The van der Waals surface area contributed by atoms with E-state index in [0.717, 1.165) is 16.7 Å². The van der Waals surface area contributed by atoms with Crippen molar-refractivity contribution in [2.45, 2.75) is 6.92 Å². The summed E-state index contributed by atoms with van der Waals surface area (Å²) in [7, 11) is 0. The summed E-state index contributed by atoms with van der Waals surface area (Å²) in [4.78, 5) is 11.9. The summed E-state index contributed by atoms with van der Waals surface area (Å²) in [6.07, 6.45) is 0. The number of amides is 1. The zero-order valence-corrected chi connectivity index (χ0v) is 14.9. The predicted octanol–water partition coefficient (Wildman–Crippen LogP) is 3.98. The molecule has 3 aromatic carbocycles. The van der Waals surface area contributed by atoms with Gasteiger partial charge < -0.3 is 9.84 Å². The number of carbonyl (C=O) groups is 1. The largest absolute Gasteiger partial charge is 0.508 e. The topological polar surface area (TPSA) is 70.9 Å². The first-order valence-corrected chi connectivity index (χ1v) is 8.52. The van der Waals surface area contributed by atoms with Gasteiger partial charge in [-0.15, -0.1) is 0 Å². The average Bonchev–Trinajstić information content (AvgIpc) is 2.72. The van der Waals surface area contributed by atoms with E-state index >= 15 is 0 Å². The van der Waals surface area contributed by atoms with E-state index in [1.807, 2.05) is 54.6 Å². The molecule has 0 aliphatic heterocycles. The Hall–Kier alpha value is -3.60. The molecule has 0 spiro atoms. The van der Waals surface area contributed by atoms with Crippen molar-refractivity contribution in [2.75, 3.05) is 6.61 Å². The van der Waals surface area contributed by atoms with Gasteiger partial charge in [-0.2, -0.15) is 5.10 Å². The van der Waals surface area contributed by atoms with Crippen molar-refractivity contribution in [1.29, 1.82) is 0 Å². The molecule has 0 atom stereocenters. The fourth-order valence-corrected chi connectivity index (χ4v) is 2.47. The fourth-order valence-electron chi connectivity index (χ4n) is 2.47. The Balaban J connectivity index is 1.51. The van der Waals surface area contributed by atoms with Gasteiger partial charge in [-0.1, -0.05) is 42.5 Å². The van der Waals surface area contributed by atoms with Gasteiger partial charge in [0.25, 0.3) is 5.91 Å². The van der Waals surface area contributed by atoms with Crippen LogP contribution in [0.15, 0.2) is 84.0 Å². The lowest BCUT2D eigenvalue weighted by molar-refractivity contribution is -0.123. The number of nitrogens with one attached hydrogen (secondary N) is 1. The molecule has 0 aliphatic rings. The molecule has 0 fully saturated rings. The standard InChI is InChI=1S/C22H20N2O3/c1-16(17-7-11-20(25)12-8-17)23-24-22(26)15-27-21-13-9-19(10-14-21)18-5-3-2-4-6-18/h2-14,25H,15H2,1H3,(H,24,26)/b23-16+. The van der Waals surface area contributed by atoms with Gasteiger partial charge in [0.15, 0.2) is 6.61 Å². The Morgan fingerprint density at radius 2 is 1.56 bits per heavy atom. The van der Waals surface area contributed by atoms with Crippen LogP contribution in [0.5, 0.6) is 11.5 Å². The molecule has 5 heteroatoms. The molecule has 0 aromatic heterocycles. The average molecular weight is 360 g/mol. The minimum Gasteiger partial charge on any atom is -0.508 e. The van der Waals surface area contributed by atoms with E-state index in [1.165, 1.54) is 0 Å². The van der Waals surface area contributed by atoms with Crippen molar-refractivity contribution in [3.05, 3.63) is 84.4 Å². The fraction of sp³-hybridized carbons (Fsp3) is 0.0909. The van der Waals surface area contributed by atoms with Crippen molar-refractivity contribution >= 4 is 11.6 Å². The number of nitrogens with zero attached hydrogens (tertiary/aromatic N) is 1. The minimum atomic E-state index is -0.347. The molecule has 3 aromatic rings. The van der Waals surface area contributed by atoms with Gasteiger partial charge in [0, 0.05) is 0 Å². The summed E-state index contributed by atoms with van der Waals surface area (Å²) in [5.74, 6) is 0.451. The molecule has 0 saturated carbocycles. The number of carbonyl (C=O) groups excluding carboxylic acids is 1. The Kier molecular flexibility index (Phi) is 5.84. The summed E-state index contributed by atoms with van der Waals surface area (Å²) in [6, 6.07) is 24.2. The number of benzene rings is 3. The molecule has 1 amide bonds. The highest BCUT2D eigenvalue weighted by molar-refractivity contribution is 5.99. The SMILES string of the molecule is C/C(=N\NC(=O)COc1ccc(-c2ccccc2)cc1)c1ccc(O)cc1. The van der Waals surface area contributed by atoms with Crippen LogP contribution in [0.3, 0.4) is 0 Å². The maximum absolute atomic E-state index is 11.9. The van der Waals surface area contributed by atoms with Gasteiger partial charge in [-0.05, 0) is 60.0 Å². The highest BCUT2D eigenvalue weighted by Gasteiger charge is 2.04. The molecule has 27 heavy (non-hydrogen) atoms. The van der Waals surface area contributed by atoms with Gasteiger partial charge >= 0.3 is 0 Å². The monoisotopic (exact) mass is 360 g/mol. The van der Waals surface area contributed by atoms with Crippen LogP contribution in [0.2, 0.25) is 0 Å². The molecular weight excluding hydrogens is 340 g/mol. The molecule has 0 bridgehead atoms. The lowest BCUT2D eigenvalue weighted by Gasteiger charge is -2.07. The number of rotatable bonds is 6. The molecule has 3 rings (SSSR count). The molecule has 0 saturated heterocycles. The molecule has 0 radical (unpaired) electrons. The second-order valence-electron chi connectivity index (χ2n) is 5.96. The van der Waals surface area contributed by atoms with Gasteiger partial charge in [-0.3, -0.25) is 4.79 Å². The number of hydrazone groups is 1. The van der Waals surface area contributed by atoms with Crippen LogP contribution >= 0.6 is 0 Å². The molecule has 136 valence electrons. The Morgan fingerprint density at radius 3 is 2.22 bits per heavy atom. The molecule has 0 unspecified atom stereocenters. The molecule has 0 heterocycles. The van der Waals surface area contributed by atoms with Crippen LogP contribution in [-0.4, -0.2) is 23.3 Å². The maximum Gasteiger partial charge on any atom is 0.277 e. The van der Waals surface area contributed by atoms with E-state index in [4.69, 9.17) is 4.74 Å². The van der Waals surface area contributed by atoms with Crippen molar-refractivity contribution in [2.24, 2.45) is 5.10 Å². The van der Waals surface area contributed by atoms with Crippen molar-refractivity contribution < 1.29 is 14.6 Å². The molecule has 5 nitrogen and oxygen atoms in total. The van der Waals surface area contributed by atoms with Gasteiger partial charge in [0.05, 0.1) is 5.71 Å². The third kappa shape index (κ3) is 5.19. The van der Waals surface area contributed by atoms with E-state index in [2.05, 4.69) is 10.5 Å². The minimum absolute atomic E-state index is 0.128. The maximum atomic E-state index is 11.9. The Morgan fingerprint density at radius 1 is 0.926 bits per heavy atom. The van der Waals surface area contributed by atoms with E-state index in [9.17, 15) is 9.90 Å². The second-order valence-corrected chi connectivity index (χ2v) is 5.96. The number of aromatic hydroxyl groups is 1. The Bertz CT molecular complexity index is 918. The normalized spacial score (nSPS) is 11.1. The first-order valence-electron chi connectivity index (χ1n) is 8.52. The van der Waals surface area contributed by atoms with Crippen LogP contribution in [-0.2, 0) is 4.79 Å². The van der Waals surface area contributed by atoms with E-state index in [0.29, 0.717) is 11.5 Å². The van der Waals surface area contributed by atoms with Crippen LogP contribution in [0.25, 0.3) is 11.1 Å². The summed E-state index contributed by atoms with van der Waals surface area (Å²) in [6.45, 7) is 1.65. The molecule has 2 N–H and O–H groups in total. The summed E-state index contributed by atoms with van der Waals surface area (Å²) in [5.41, 5.74) is 6.12. The lowest BCUT2D eigenvalue weighted by atomic mass is 10.1. The first-order chi connectivity index (χ1) is 13.1. The van der Waals surface area contributed by atoms with Crippen molar-refractivity contribution in [3.63, 3.8) is 0 Å². The third-order valence-corrected chi connectivity index (χ3v) is 3.96. The number of phenols is 1. The number of ether oxygens (including phenoxy) is 1. The third-order valence-electron chi connectivity index (χ3n) is 3.96. The van der Waals surface area contributed by atoms with Gasteiger partial charge in [-0.25, -0.2) is 5.43 Å². The Labute approximate surface area is 157 Å². The van der Waals surface area contributed by atoms with Gasteiger partial charge in [0.1, 0.15) is 11.5 Å². The van der Waals surface area contributed by atoms with E-state index in [1.54, 1.807) is 31.2 Å². The van der Waals surface area contributed by atoms with Crippen LogP contribution in [0.1, 0.15) is 12.5 Å². The smallest absolute Gasteiger partial charge is 0.277 e. The highest BCUT2D eigenvalue weighted by Crippen LogP contribution is 2.21. The van der Waals surface area contributed by atoms with Crippen molar-refractivity contribution in [3.8, 4) is 22.6 Å². The van der Waals surface area contributed by atoms with E-state index in [-0.39, 0.29) is 18.3 Å². The quantitative estimate of drug-likeness (QED) is 0.516. The van der Waals surface area contributed by atoms with Crippen molar-refractivity contribution in [1.82, 2.24) is 5.43 Å². The summed E-state index contributed by atoms with van der Waals surface area (Å²) >= 11 is 0. The van der Waals surface area contributed by atoms with Gasteiger partial charge in [0.2, 0.25) is 0 Å². The summed E-state index contributed by atoms with van der Waals surface area (Å²) in [5, 5.41) is 13.3.